The Morgan fingerprint density at radius 1 is 0.595 bits per heavy atom. The predicted molar refractivity (Wildman–Crippen MR) is 155 cm³/mol. The largest absolute Gasteiger partial charge is 0.481 e. The minimum atomic E-state index is -1.23. The Bertz CT molecular complexity index is 779. The quantitative estimate of drug-likeness (QED) is 0.0602. The van der Waals surface area contributed by atoms with Gasteiger partial charge >= 0.3 is 11.9 Å². The van der Waals surface area contributed by atoms with Gasteiger partial charge in [-0.05, 0) is 19.3 Å². The van der Waals surface area contributed by atoms with Crippen LogP contribution in [0.15, 0.2) is 0 Å². The molecule has 0 saturated heterocycles. The highest BCUT2D eigenvalue weighted by Gasteiger charge is 2.19. The summed E-state index contributed by atoms with van der Waals surface area (Å²) in [6, 6.07) is -1.16. The van der Waals surface area contributed by atoms with Gasteiger partial charge < -0.3 is 40.4 Å². The number of aliphatic carboxylic acids is 2. The molecule has 1 atom stereocenters. The van der Waals surface area contributed by atoms with Crippen LogP contribution in [0.1, 0.15) is 103 Å². The Morgan fingerprint density at radius 2 is 1.05 bits per heavy atom. The van der Waals surface area contributed by atoms with Crippen molar-refractivity contribution in [1.82, 2.24) is 16.0 Å². The SMILES string of the molecule is O=CCC[C@H](NC(=O)CCC(=O)NCCOCCOCCNC(=O)CCCCCCCCCCCCC(=O)O)C(=O)O. The fraction of sp³-hybridized carbons (Fsp3) is 0.793. The standard InChI is InChI=1S/C29H51N3O10/c33-19-11-12-24(29(39)40)32-27(36)16-15-26(35)31-18-21-42-23-22-41-20-17-30-25(34)13-9-7-5-3-1-2-4-6-8-10-14-28(37)38/h19,24H,1-18,20-23H2,(H,30,34)(H,31,35)(H,32,36)(H,37,38)(H,39,40)/t24-/m0/s1. The number of rotatable bonds is 30. The molecular formula is C29H51N3O10. The number of hydrogen-bond acceptors (Lipinski definition) is 8. The minimum absolute atomic E-state index is 0.00353. The van der Waals surface area contributed by atoms with E-state index in [2.05, 4.69) is 16.0 Å². The summed E-state index contributed by atoms with van der Waals surface area (Å²) < 4.78 is 10.8. The molecule has 0 aliphatic carbocycles. The van der Waals surface area contributed by atoms with Crippen molar-refractivity contribution < 1.29 is 48.5 Å². The first kappa shape index (κ1) is 38.9. The molecule has 0 spiro atoms. The molecule has 0 aliphatic heterocycles. The molecule has 0 aromatic heterocycles. The van der Waals surface area contributed by atoms with Gasteiger partial charge in [-0.3, -0.25) is 19.2 Å². The molecule has 0 unspecified atom stereocenters. The highest BCUT2D eigenvalue weighted by molar-refractivity contribution is 5.87. The lowest BCUT2D eigenvalue weighted by atomic mass is 10.1. The van der Waals surface area contributed by atoms with E-state index in [0.29, 0.717) is 39.1 Å². The average Bonchev–Trinajstić information content (AvgIpc) is 2.95. The molecule has 0 aromatic rings. The van der Waals surface area contributed by atoms with Crippen molar-refractivity contribution in [2.75, 3.05) is 39.5 Å². The van der Waals surface area contributed by atoms with Crippen LogP contribution in [0.2, 0.25) is 0 Å². The highest BCUT2D eigenvalue weighted by atomic mass is 16.5. The number of ether oxygens (including phenoxy) is 2. The first-order chi connectivity index (χ1) is 20.3. The summed E-state index contributed by atoms with van der Waals surface area (Å²) in [6.45, 7) is 2.00. The maximum Gasteiger partial charge on any atom is 0.326 e. The molecule has 242 valence electrons. The van der Waals surface area contributed by atoms with Gasteiger partial charge in [-0.2, -0.15) is 0 Å². The normalized spacial score (nSPS) is 11.4. The fourth-order valence-electron chi connectivity index (χ4n) is 3.99. The summed E-state index contributed by atoms with van der Waals surface area (Å²) in [4.78, 5) is 67.4. The van der Waals surface area contributed by atoms with Crippen LogP contribution in [0.4, 0.5) is 0 Å². The summed E-state index contributed by atoms with van der Waals surface area (Å²) in [5.41, 5.74) is 0. The Balaban J connectivity index is 3.47. The van der Waals surface area contributed by atoms with E-state index in [1.165, 1.54) is 19.3 Å². The van der Waals surface area contributed by atoms with E-state index in [1.54, 1.807) is 0 Å². The van der Waals surface area contributed by atoms with Gasteiger partial charge in [0.25, 0.3) is 0 Å². The van der Waals surface area contributed by atoms with Crippen molar-refractivity contribution in [2.24, 2.45) is 0 Å². The van der Waals surface area contributed by atoms with Crippen molar-refractivity contribution in [3.8, 4) is 0 Å². The molecule has 3 amide bonds. The molecule has 5 N–H and O–H groups in total. The molecule has 0 aromatic carbocycles. The third kappa shape index (κ3) is 27.1. The molecule has 0 fully saturated rings. The maximum absolute atomic E-state index is 11.9. The van der Waals surface area contributed by atoms with Crippen LogP contribution in [0.25, 0.3) is 0 Å². The molecule has 42 heavy (non-hydrogen) atoms. The lowest BCUT2D eigenvalue weighted by Gasteiger charge is -2.13. The summed E-state index contributed by atoms with van der Waals surface area (Å²) in [7, 11) is 0. The zero-order valence-electron chi connectivity index (χ0n) is 24.9. The van der Waals surface area contributed by atoms with Gasteiger partial charge in [0, 0.05) is 45.2 Å². The molecule has 0 bridgehead atoms. The molecule has 13 heteroatoms. The number of carbonyl (C=O) groups excluding carboxylic acids is 4. The lowest BCUT2D eigenvalue weighted by Crippen LogP contribution is -2.41. The first-order valence-corrected chi connectivity index (χ1v) is 15.1. The Hall–Kier alpha value is -3.06. The van der Waals surface area contributed by atoms with Crippen LogP contribution in [0, 0.1) is 0 Å². The van der Waals surface area contributed by atoms with Crippen molar-refractivity contribution in [2.45, 2.75) is 109 Å². The second-order valence-corrected chi connectivity index (χ2v) is 10.1. The van der Waals surface area contributed by atoms with Crippen LogP contribution in [-0.2, 0) is 38.2 Å². The number of hydrogen-bond donors (Lipinski definition) is 5. The minimum Gasteiger partial charge on any atom is -0.481 e. The molecule has 13 nitrogen and oxygen atoms in total. The van der Waals surface area contributed by atoms with Crippen LogP contribution in [0.5, 0.6) is 0 Å². The van der Waals surface area contributed by atoms with E-state index < -0.39 is 23.9 Å². The maximum atomic E-state index is 11.9. The van der Waals surface area contributed by atoms with Gasteiger partial charge in [-0.15, -0.1) is 0 Å². The number of carbonyl (C=O) groups is 6. The first-order valence-electron chi connectivity index (χ1n) is 15.1. The highest BCUT2D eigenvalue weighted by Crippen LogP contribution is 2.12. The van der Waals surface area contributed by atoms with Gasteiger partial charge in [0.15, 0.2) is 0 Å². The van der Waals surface area contributed by atoms with Gasteiger partial charge in [-0.25, -0.2) is 4.79 Å². The van der Waals surface area contributed by atoms with E-state index >= 15 is 0 Å². The molecule has 0 saturated carbocycles. The summed E-state index contributed by atoms with van der Waals surface area (Å²) in [5, 5.41) is 25.4. The van der Waals surface area contributed by atoms with E-state index in [4.69, 9.17) is 19.7 Å². The van der Waals surface area contributed by atoms with E-state index in [9.17, 15) is 28.8 Å². The number of unbranched alkanes of at least 4 members (excludes halogenated alkanes) is 9. The summed E-state index contributed by atoms with van der Waals surface area (Å²) in [6.07, 6.45) is 11.7. The zero-order valence-corrected chi connectivity index (χ0v) is 24.9. The van der Waals surface area contributed by atoms with Crippen LogP contribution >= 0.6 is 0 Å². The molecular weight excluding hydrogens is 550 g/mol. The van der Waals surface area contributed by atoms with E-state index in [-0.39, 0.29) is 57.1 Å². The molecule has 0 heterocycles. The smallest absolute Gasteiger partial charge is 0.326 e. The van der Waals surface area contributed by atoms with Crippen molar-refractivity contribution in [1.29, 1.82) is 0 Å². The summed E-state index contributed by atoms with van der Waals surface area (Å²) >= 11 is 0. The van der Waals surface area contributed by atoms with Crippen molar-refractivity contribution >= 4 is 35.9 Å². The topological polar surface area (TPSA) is 197 Å². The van der Waals surface area contributed by atoms with Gasteiger partial charge in [-0.1, -0.05) is 51.4 Å². The molecule has 0 aliphatic rings. The number of nitrogens with one attached hydrogen (secondary N) is 3. The molecule has 0 rings (SSSR count). The molecule has 0 radical (unpaired) electrons. The second kappa shape index (κ2) is 28.1. The zero-order chi connectivity index (χ0) is 31.3. The Morgan fingerprint density at radius 3 is 1.52 bits per heavy atom. The van der Waals surface area contributed by atoms with Crippen LogP contribution < -0.4 is 16.0 Å². The Labute approximate surface area is 248 Å². The van der Waals surface area contributed by atoms with Crippen LogP contribution in [0.3, 0.4) is 0 Å². The lowest BCUT2D eigenvalue weighted by molar-refractivity contribution is -0.142. The number of aldehydes is 1. The van der Waals surface area contributed by atoms with E-state index in [1.807, 2.05) is 0 Å². The third-order valence-corrected chi connectivity index (χ3v) is 6.34. The van der Waals surface area contributed by atoms with Gasteiger partial charge in [0.2, 0.25) is 17.7 Å². The Kier molecular flexibility index (Phi) is 26.0. The van der Waals surface area contributed by atoms with E-state index in [0.717, 1.165) is 44.9 Å². The second-order valence-electron chi connectivity index (χ2n) is 10.1. The summed E-state index contributed by atoms with van der Waals surface area (Å²) in [5.74, 6) is -2.87. The number of carboxylic acids is 2. The fourth-order valence-corrected chi connectivity index (χ4v) is 3.99. The van der Waals surface area contributed by atoms with Crippen molar-refractivity contribution in [3.05, 3.63) is 0 Å². The average molecular weight is 602 g/mol. The predicted octanol–water partition coefficient (Wildman–Crippen LogP) is 2.35. The number of carboxylic acid groups (broad SMARTS) is 2. The monoisotopic (exact) mass is 601 g/mol. The van der Waals surface area contributed by atoms with Gasteiger partial charge in [0.05, 0.1) is 26.4 Å². The third-order valence-electron chi connectivity index (χ3n) is 6.34. The van der Waals surface area contributed by atoms with Gasteiger partial charge in [0.1, 0.15) is 12.3 Å². The number of amides is 3. The van der Waals surface area contributed by atoms with Crippen molar-refractivity contribution in [3.63, 3.8) is 0 Å². The van der Waals surface area contributed by atoms with Crippen LogP contribution in [-0.4, -0.2) is 91.7 Å².